The maximum absolute atomic E-state index is 9.10. The SMILES string of the molecule is Clc1cccc(CN2CCN(Cc3ccccc3Cl)CC2)c1.O=C(O)C(=O)O. The Labute approximate surface area is 173 Å². The molecule has 0 aliphatic carbocycles. The fraction of sp³-hybridized carbons (Fsp3) is 0.300. The van der Waals surface area contributed by atoms with Gasteiger partial charge in [-0.1, -0.05) is 53.5 Å². The summed E-state index contributed by atoms with van der Waals surface area (Å²) in [5.41, 5.74) is 2.50. The van der Waals surface area contributed by atoms with Gasteiger partial charge in [0.1, 0.15) is 0 Å². The van der Waals surface area contributed by atoms with Gasteiger partial charge >= 0.3 is 11.9 Å². The summed E-state index contributed by atoms with van der Waals surface area (Å²) in [6.07, 6.45) is 0. The Balaban J connectivity index is 0.000000409. The quantitative estimate of drug-likeness (QED) is 0.731. The molecule has 0 aromatic heterocycles. The smallest absolute Gasteiger partial charge is 0.414 e. The van der Waals surface area contributed by atoms with E-state index in [9.17, 15) is 0 Å². The lowest BCUT2D eigenvalue weighted by molar-refractivity contribution is -0.159. The first kappa shape index (κ1) is 22.2. The van der Waals surface area contributed by atoms with Crippen molar-refractivity contribution >= 4 is 35.1 Å². The first-order valence-electron chi connectivity index (χ1n) is 8.74. The van der Waals surface area contributed by atoms with Crippen molar-refractivity contribution in [1.82, 2.24) is 9.80 Å². The first-order chi connectivity index (χ1) is 13.3. The molecule has 150 valence electrons. The van der Waals surface area contributed by atoms with Gasteiger partial charge in [0.05, 0.1) is 0 Å². The minimum Gasteiger partial charge on any atom is -0.473 e. The summed E-state index contributed by atoms with van der Waals surface area (Å²) in [6, 6.07) is 16.2. The normalized spacial score (nSPS) is 14.8. The molecular weight excluding hydrogens is 403 g/mol. The van der Waals surface area contributed by atoms with Crippen molar-refractivity contribution in [2.24, 2.45) is 0 Å². The van der Waals surface area contributed by atoms with Gasteiger partial charge in [-0.2, -0.15) is 0 Å². The van der Waals surface area contributed by atoms with Crippen molar-refractivity contribution in [3.8, 4) is 0 Å². The Kier molecular flexibility index (Phi) is 8.73. The van der Waals surface area contributed by atoms with Crippen molar-refractivity contribution in [2.75, 3.05) is 26.2 Å². The Morgan fingerprint density at radius 2 is 1.39 bits per heavy atom. The van der Waals surface area contributed by atoms with E-state index < -0.39 is 11.9 Å². The van der Waals surface area contributed by atoms with Gasteiger partial charge in [0.15, 0.2) is 0 Å². The number of halogens is 2. The van der Waals surface area contributed by atoms with E-state index in [1.165, 1.54) is 11.1 Å². The highest BCUT2D eigenvalue weighted by Crippen LogP contribution is 2.19. The van der Waals surface area contributed by atoms with Gasteiger partial charge < -0.3 is 10.2 Å². The molecule has 1 heterocycles. The number of nitrogens with zero attached hydrogens (tertiary/aromatic N) is 2. The zero-order valence-corrected chi connectivity index (χ0v) is 16.7. The highest BCUT2D eigenvalue weighted by Gasteiger charge is 2.17. The molecule has 2 N–H and O–H groups in total. The van der Waals surface area contributed by atoms with Gasteiger partial charge in [0, 0.05) is 49.3 Å². The molecule has 0 bridgehead atoms. The highest BCUT2D eigenvalue weighted by molar-refractivity contribution is 6.31. The van der Waals surface area contributed by atoms with E-state index in [-0.39, 0.29) is 0 Å². The summed E-state index contributed by atoms with van der Waals surface area (Å²) >= 11 is 12.3. The monoisotopic (exact) mass is 424 g/mol. The number of carboxylic acids is 2. The maximum atomic E-state index is 9.10. The van der Waals surface area contributed by atoms with E-state index in [2.05, 4.69) is 34.1 Å². The zero-order chi connectivity index (χ0) is 20.5. The van der Waals surface area contributed by atoms with Gasteiger partial charge in [-0.25, -0.2) is 9.59 Å². The molecule has 0 atom stereocenters. The van der Waals surface area contributed by atoms with Crippen LogP contribution in [-0.4, -0.2) is 58.1 Å². The lowest BCUT2D eigenvalue weighted by Crippen LogP contribution is -2.45. The lowest BCUT2D eigenvalue weighted by Gasteiger charge is -2.34. The van der Waals surface area contributed by atoms with Gasteiger partial charge in [-0.05, 0) is 29.3 Å². The summed E-state index contributed by atoms with van der Waals surface area (Å²) in [4.78, 5) is 23.1. The molecule has 2 aromatic carbocycles. The van der Waals surface area contributed by atoms with E-state index in [0.717, 1.165) is 49.3 Å². The van der Waals surface area contributed by atoms with Crippen LogP contribution in [0.3, 0.4) is 0 Å². The third kappa shape index (κ3) is 7.48. The fourth-order valence-electron chi connectivity index (χ4n) is 2.87. The molecule has 0 unspecified atom stereocenters. The Morgan fingerprint density at radius 1 is 0.821 bits per heavy atom. The van der Waals surface area contributed by atoms with E-state index >= 15 is 0 Å². The molecule has 1 saturated heterocycles. The molecule has 0 spiro atoms. The van der Waals surface area contributed by atoms with Crippen LogP contribution in [0.5, 0.6) is 0 Å². The molecule has 0 radical (unpaired) electrons. The van der Waals surface area contributed by atoms with Crippen LogP contribution in [0.4, 0.5) is 0 Å². The van der Waals surface area contributed by atoms with Gasteiger partial charge in [-0.15, -0.1) is 0 Å². The second-order valence-corrected chi connectivity index (χ2v) is 7.23. The summed E-state index contributed by atoms with van der Waals surface area (Å²) in [6.45, 7) is 6.22. The number of carbonyl (C=O) groups is 2. The molecule has 1 aliphatic heterocycles. The second-order valence-electron chi connectivity index (χ2n) is 6.38. The molecule has 0 amide bonds. The van der Waals surface area contributed by atoms with Crippen LogP contribution in [0, 0.1) is 0 Å². The predicted octanol–water partition coefficient (Wildman–Crippen LogP) is 3.47. The minimum absolute atomic E-state index is 0.815. The number of hydrogen-bond acceptors (Lipinski definition) is 4. The van der Waals surface area contributed by atoms with Crippen LogP contribution in [0.2, 0.25) is 10.0 Å². The number of benzene rings is 2. The second kappa shape index (κ2) is 11.0. The average Bonchev–Trinajstić information content (AvgIpc) is 2.66. The topological polar surface area (TPSA) is 81.1 Å². The van der Waals surface area contributed by atoms with Crippen LogP contribution in [0.25, 0.3) is 0 Å². The fourth-order valence-corrected chi connectivity index (χ4v) is 3.27. The minimum atomic E-state index is -1.82. The molecule has 1 aliphatic rings. The molecule has 3 rings (SSSR count). The van der Waals surface area contributed by atoms with Crippen molar-refractivity contribution in [3.05, 3.63) is 69.7 Å². The number of hydrogen-bond donors (Lipinski definition) is 2. The van der Waals surface area contributed by atoms with E-state index in [0.29, 0.717) is 0 Å². The van der Waals surface area contributed by atoms with E-state index in [1.54, 1.807) is 0 Å². The molecule has 8 heteroatoms. The van der Waals surface area contributed by atoms with Crippen molar-refractivity contribution in [3.63, 3.8) is 0 Å². The largest absolute Gasteiger partial charge is 0.473 e. The number of piperazine rings is 1. The first-order valence-corrected chi connectivity index (χ1v) is 9.49. The van der Waals surface area contributed by atoms with Crippen molar-refractivity contribution in [1.29, 1.82) is 0 Å². The maximum Gasteiger partial charge on any atom is 0.414 e. The zero-order valence-electron chi connectivity index (χ0n) is 15.2. The molecule has 1 fully saturated rings. The Hall–Kier alpha value is -2.12. The molecule has 0 saturated carbocycles. The number of aliphatic carboxylic acids is 2. The number of carboxylic acid groups (broad SMARTS) is 2. The van der Waals surface area contributed by atoms with E-state index in [1.807, 2.05) is 24.3 Å². The Morgan fingerprint density at radius 3 is 1.93 bits per heavy atom. The Bertz CT molecular complexity index is 796. The molecule has 6 nitrogen and oxygen atoms in total. The van der Waals surface area contributed by atoms with Crippen LogP contribution in [0.15, 0.2) is 48.5 Å². The van der Waals surface area contributed by atoms with Gasteiger partial charge in [-0.3, -0.25) is 9.80 Å². The average molecular weight is 425 g/mol. The standard InChI is InChI=1S/C18H20Cl2N2.C2H2O4/c19-17-6-3-4-15(12-17)13-21-8-10-22(11-9-21)14-16-5-1-2-7-18(16)20;3-1(4)2(5)6/h1-7,12H,8-11,13-14H2;(H,3,4)(H,5,6). The highest BCUT2D eigenvalue weighted by atomic mass is 35.5. The summed E-state index contributed by atoms with van der Waals surface area (Å²) in [5.74, 6) is -3.65. The van der Waals surface area contributed by atoms with Crippen LogP contribution in [-0.2, 0) is 22.7 Å². The van der Waals surface area contributed by atoms with Crippen molar-refractivity contribution in [2.45, 2.75) is 13.1 Å². The number of rotatable bonds is 4. The molecular formula is C20H22Cl2N2O4. The molecule has 28 heavy (non-hydrogen) atoms. The van der Waals surface area contributed by atoms with Crippen LogP contribution >= 0.6 is 23.2 Å². The van der Waals surface area contributed by atoms with Crippen LogP contribution in [0.1, 0.15) is 11.1 Å². The van der Waals surface area contributed by atoms with Crippen molar-refractivity contribution < 1.29 is 19.8 Å². The molecule has 2 aromatic rings. The van der Waals surface area contributed by atoms with Gasteiger partial charge in [0.2, 0.25) is 0 Å². The predicted molar refractivity (Wildman–Crippen MR) is 109 cm³/mol. The third-order valence-electron chi connectivity index (χ3n) is 4.29. The van der Waals surface area contributed by atoms with Gasteiger partial charge in [0.25, 0.3) is 0 Å². The van der Waals surface area contributed by atoms with E-state index in [4.69, 9.17) is 43.0 Å². The summed E-state index contributed by atoms with van der Waals surface area (Å²) < 4.78 is 0. The summed E-state index contributed by atoms with van der Waals surface area (Å²) in [5, 5.41) is 16.5. The lowest BCUT2D eigenvalue weighted by atomic mass is 10.1. The van der Waals surface area contributed by atoms with Crippen LogP contribution < -0.4 is 0 Å². The third-order valence-corrected chi connectivity index (χ3v) is 4.90. The summed E-state index contributed by atoms with van der Waals surface area (Å²) in [7, 11) is 0.